The summed E-state index contributed by atoms with van der Waals surface area (Å²) < 4.78 is 5.51. The highest BCUT2D eigenvalue weighted by atomic mass is 16.5. The van der Waals surface area contributed by atoms with E-state index >= 15 is 0 Å². The zero-order chi connectivity index (χ0) is 18.2. The van der Waals surface area contributed by atoms with Gasteiger partial charge in [-0.25, -0.2) is 0 Å². The number of amides is 2. The lowest BCUT2D eigenvalue weighted by molar-refractivity contribution is -0.123. The fourth-order valence-corrected chi connectivity index (χ4v) is 2.42. The molecule has 0 fully saturated rings. The molecular weight excluding hydrogens is 316 g/mol. The number of nitrogens with one attached hydrogen (secondary N) is 2. The molecule has 0 heterocycles. The highest BCUT2D eigenvalue weighted by molar-refractivity contribution is 5.94. The quantitative estimate of drug-likeness (QED) is 0.761. The normalized spacial score (nSPS) is 10.2. The molecule has 0 unspecified atom stereocenters. The van der Waals surface area contributed by atoms with Crippen LogP contribution in [0.15, 0.2) is 42.5 Å². The summed E-state index contributed by atoms with van der Waals surface area (Å²) in [6, 6.07) is 13.2. The average molecular weight is 340 g/mol. The molecule has 0 bridgehead atoms. The third kappa shape index (κ3) is 5.95. The van der Waals surface area contributed by atoms with Gasteiger partial charge in [0.2, 0.25) is 0 Å². The summed E-state index contributed by atoms with van der Waals surface area (Å²) in [6.07, 6.45) is 0. The number of hydrogen-bond donors (Lipinski definition) is 2. The maximum absolute atomic E-state index is 12.0. The van der Waals surface area contributed by atoms with Crippen LogP contribution < -0.4 is 15.4 Å². The van der Waals surface area contributed by atoms with Crippen molar-refractivity contribution in [2.24, 2.45) is 0 Å². The van der Waals surface area contributed by atoms with Gasteiger partial charge in [-0.1, -0.05) is 35.4 Å². The van der Waals surface area contributed by atoms with E-state index < -0.39 is 0 Å². The molecule has 2 rings (SSSR count). The lowest BCUT2D eigenvalue weighted by atomic mass is 10.1. The van der Waals surface area contributed by atoms with Gasteiger partial charge in [-0.05, 0) is 44.5 Å². The van der Waals surface area contributed by atoms with Crippen LogP contribution in [0.25, 0.3) is 0 Å². The summed E-state index contributed by atoms with van der Waals surface area (Å²) in [6.45, 7) is 6.56. The van der Waals surface area contributed by atoms with Gasteiger partial charge < -0.3 is 15.4 Å². The Balaban J connectivity index is 1.67. The topological polar surface area (TPSA) is 67.4 Å². The number of aryl methyl sites for hydroxylation is 3. The van der Waals surface area contributed by atoms with E-state index in [0.29, 0.717) is 24.4 Å². The predicted molar refractivity (Wildman–Crippen MR) is 97.9 cm³/mol. The van der Waals surface area contributed by atoms with Crippen molar-refractivity contribution in [3.8, 4) is 5.75 Å². The first kappa shape index (κ1) is 18.5. The van der Waals surface area contributed by atoms with E-state index in [0.717, 1.165) is 16.7 Å². The van der Waals surface area contributed by atoms with Crippen LogP contribution in [0.2, 0.25) is 0 Å². The lowest BCUT2D eigenvalue weighted by Gasteiger charge is -2.10. The number of rotatable bonds is 7. The minimum atomic E-state index is -0.218. The van der Waals surface area contributed by atoms with E-state index in [1.807, 2.05) is 57.2 Å². The Morgan fingerprint density at radius 1 is 0.920 bits per heavy atom. The molecule has 25 heavy (non-hydrogen) atoms. The number of ether oxygens (including phenoxy) is 1. The summed E-state index contributed by atoms with van der Waals surface area (Å²) in [5, 5.41) is 5.50. The van der Waals surface area contributed by atoms with Crippen molar-refractivity contribution in [2.75, 3.05) is 19.7 Å². The largest absolute Gasteiger partial charge is 0.484 e. The Kier molecular flexibility index (Phi) is 6.57. The summed E-state index contributed by atoms with van der Waals surface area (Å²) in [7, 11) is 0. The average Bonchev–Trinajstić information content (AvgIpc) is 2.57. The van der Waals surface area contributed by atoms with Crippen molar-refractivity contribution < 1.29 is 14.3 Å². The van der Waals surface area contributed by atoms with Crippen LogP contribution in [0, 0.1) is 20.8 Å². The fourth-order valence-electron chi connectivity index (χ4n) is 2.42. The molecule has 2 N–H and O–H groups in total. The molecule has 5 nitrogen and oxygen atoms in total. The van der Waals surface area contributed by atoms with Crippen molar-refractivity contribution in [3.05, 3.63) is 64.7 Å². The third-order valence-electron chi connectivity index (χ3n) is 3.70. The van der Waals surface area contributed by atoms with Gasteiger partial charge >= 0.3 is 0 Å². The van der Waals surface area contributed by atoms with Crippen LogP contribution in [0.4, 0.5) is 0 Å². The first-order valence-corrected chi connectivity index (χ1v) is 8.27. The first-order chi connectivity index (χ1) is 12.0. The van der Waals surface area contributed by atoms with Crippen LogP contribution in [0.3, 0.4) is 0 Å². The minimum absolute atomic E-state index is 0.0459. The Labute approximate surface area is 148 Å². The molecule has 0 aromatic heterocycles. The maximum atomic E-state index is 12.0. The van der Waals surface area contributed by atoms with Gasteiger partial charge in [0.05, 0.1) is 0 Å². The maximum Gasteiger partial charge on any atom is 0.258 e. The molecule has 0 saturated heterocycles. The molecule has 132 valence electrons. The summed E-state index contributed by atoms with van der Waals surface area (Å²) in [4.78, 5) is 23.8. The predicted octanol–water partition coefficient (Wildman–Crippen LogP) is 2.54. The summed E-state index contributed by atoms with van der Waals surface area (Å²) >= 11 is 0. The highest BCUT2D eigenvalue weighted by Crippen LogP contribution is 2.18. The smallest absolute Gasteiger partial charge is 0.258 e. The van der Waals surface area contributed by atoms with E-state index in [2.05, 4.69) is 10.6 Å². The van der Waals surface area contributed by atoms with Gasteiger partial charge in [-0.15, -0.1) is 0 Å². The van der Waals surface area contributed by atoms with Crippen LogP contribution in [0.5, 0.6) is 5.75 Å². The van der Waals surface area contributed by atoms with Gasteiger partial charge in [0, 0.05) is 18.7 Å². The van der Waals surface area contributed by atoms with Crippen molar-refractivity contribution in [2.45, 2.75) is 20.8 Å². The molecule has 0 spiro atoms. The van der Waals surface area contributed by atoms with E-state index in [-0.39, 0.29) is 18.4 Å². The summed E-state index contributed by atoms with van der Waals surface area (Å²) in [5.41, 5.74) is 3.80. The number of carbonyl (C=O) groups excluding carboxylic acids is 2. The Bertz CT molecular complexity index is 756. The van der Waals surface area contributed by atoms with Crippen LogP contribution in [0.1, 0.15) is 27.0 Å². The molecule has 5 heteroatoms. The van der Waals surface area contributed by atoms with Gasteiger partial charge in [0.25, 0.3) is 11.8 Å². The third-order valence-corrected chi connectivity index (χ3v) is 3.70. The SMILES string of the molecule is Cc1cccc(C(=O)NCCNC(=O)COc2ccc(C)cc2C)c1. The van der Waals surface area contributed by atoms with E-state index in [4.69, 9.17) is 4.74 Å². The zero-order valence-corrected chi connectivity index (χ0v) is 14.9. The van der Waals surface area contributed by atoms with E-state index in [1.165, 1.54) is 0 Å². The van der Waals surface area contributed by atoms with Crippen molar-refractivity contribution in [3.63, 3.8) is 0 Å². The van der Waals surface area contributed by atoms with Crippen LogP contribution >= 0.6 is 0 Å². The molecule has 2 aromatic rings. The second kappa shape index (κ2) is 8.87. The number of carbonyl (C=O) groups is 2. The second-order valence-corrected chi connectivity index (χ2v) is 6.03. The zero-order valence-electron chi connectivity index (χ0n) is 14.9. The highest BCUT2D eigenvalue weighted by Gasteiger charge is 2.07. The van der Waals surface area contributed by atoms with E-state index in [9.17, 15) is 9.59 Å². The van der Waals surface area contributed by atoms with Crippen molar-refractivity contribution >= 4 is 11.8 Å². The molecule has 0 atom stereocenters. The molecule has 2 amide bonds. The lowest BCUT2D eigenvalue weighted by Crippen LogP contribution is -2.36. The molecule has 0 aliphatic rings. The van der Waals surface area contributed by atoms with Gasteiger partial charge in [-0.2, -0.15) is 0 Å². The molecule has 0 aliphatic heterocycles. The van der Waals surface area contributed by atoms with Crippen LogP contribution in [-0.2, 0) is 4.79 Å². The van der Waals surface area contributed by atoms with Gasteiger partial charge in [0.1, 0.15) is 5.75 Å². The Morgan fingerprint density at radius 2 is 1.64 bits per heavy atom. The summed E-state index contributed by atoms with van der Waals surface area (Å²) in [5.74, 6) is 0.336. The van der Waals surface area contributed by atoms with Crippen LogP contribution in [-0.4, -0.2) is 31.5 Å². The molecule has 0 aliphatic carbocycles. The second-order valence-electron chi connectivity index (χ2n) is 6.03. The Morgan fingerprint density at radius 3 is 2.36 bits per heavy atom. The van der Waals surface area contributed by atoms with Crippen molar-refractivity contribution in [1.29, 1.82) is 0 Å². The van der Waals surface area contributed by atoms with Gasteiger partial charge in [0.15, 0.2) is 6.61 Å². The molecular formula is C20H24N2O3. The number of hydrogen-bond acceptors (Lipinski definition) is 3. The fraction of sp³-hybridized carbons (Fsp3) is 0.300. The van der Waals surface area contributed by atoms with E-state index in [1.54, 1.807) is 6.07 Å². The van der Waals surface area contributed by atoms with Gasteiger partial charge in [-0.3, -0.25) is 9.59 Å². The molecule has 0 saturated carbocycles. The standard InChI is InChI=1S/C20H24N2O3/c1-14-5-4-6-17(12-14)20(24)22-10-9-21-19(23)13-25-18-8-7-15(2)11-16(18)3/h4-8,11-12H,9-10,13H2,1-3H3,(H,21,23)(H,22,24). The monoisotopic (exact) mass is 340 g/mol. The first-order valence-electron chi connectivity index (χ1n) is 8.27. The minimum Gasteiger partial charge on any atom is -0.484 e. The molecule has 2 aromatic carbocycles. The molecule has 0 radical (unpaired) electrons. The van der Waals surface area contributed by atoms with Crippen molar-refractivity contribution in [1.82, 2.24) is 10.6 Å². The Hall–Kier alpha value is -2.82. The number of benzene rings is 2.